The number of amides is 2. The Hall–Kier alpha value is -3.42. The number of hydrogen-bond acceptors (Lipinski definition) is 6. The van der Waals surface area contributed by atoms with Gasteiger partial charge in [0, 0.05) is 24.7 Å². The highest BCUT2D eigenvalue weighted by molar-refractivity contribution is 5.90. The average Bonchev–Trinajstić information content (AvgIpc) is 2.78. The van der Waals surface area contributed by atoms with E-state index in [1.165, 1.54) is 0 Å². The van der Waals surface area contributed by atoms with E-state index in [1.54, 1.807) is 27.0 Å². The number of hydrogen-bond donors (Lipinski definition) is 2. The number of carbonyl (C=O) groups excluding carboxylic acids is 3. The normalized spacial score (nSPS) is 13.0. The van der Waals surface area contributed by atoms with E-state index in [-0.39, 0.29) is 18.9 Å². The molecule has 1 aromatic carbocycles. The first-order valence-corrected chi connectivity index (χ1v) is 11.9. The second-order valence-electron chi connectivity index (χ2n) is 9.82. The zero-order valence-electron chi connectivity index (χ0n) is 21.2. The Bertz CT molecular complexity index is 942. The van der Waals surface area contributed by atoms with Gasteiger partial charge in [-0.1, -0.05) is 50.2 Å². The number of aromatic nitrogens is 1. The largest absolute Gasteiger partial charge is 0.458 e. The summed E-state index contributed by atoms with van der Waals surface area (Å²) in [5.74, 6) is -0.840. The molecule has 0 aliphatic carbocycles. The van der Waals surface area contributed by atoms with Gasteiger partial charge in [0.15, 0.2) is 0 Å². The zero-order valence-corrected chi connectivity index (χ0v) is 21.2. The number of nitrogens with one attached hydrogen (secondary N) is 2. The fourth-order valence-corrected chi connectivity index (χ4v) is 3.37. The van der Waals surface area contributed by atoms with Crippen LogP contribution in [0.1, 0.15) is 52.3 Å². The summed E-state index contributed by atoms with van der Waals surface area (Å²) in [7, 11) is 0. The number of ether oxygens (including phenoxy) is 2. The molecule has 8 nitrogen and oxygen atoms in total. The first-order chi connectivity index (χ1) is 16.5. The highest BCUT2D eigenvalue weighted by atomic mass is 16.6. The van der Waals surface area contributed by atoms with Crippen LogP contribution < -0.4 is 10.6 Å². The summed E-state index contributed by atoms with van der Waals surface area (Å²) < 4.78 is 10.8. The van der Waals surface area contributed by atoms with Crippen LogP contribution in [0.5, 0.6) is 0 Å². The Morgan fingerprint density at radius 1 is 0.943 bits per heavy atom. The Morgan fingerprint density at radius 3 is 2.23 bits per heavy atom. The second-order valence-corrected chi connectivity index (χ2v) is 9.82. The van der Waals surface area contributed by atoms with Crippen molar-refractivity contribution in [2.75, 3.05) is 6.61 Å². The summed E-state index contributed by atoms with van der Waals surface area (Å²) >= 11 is 0. The van der Waals surface area contributed by atoms with Gasteiger partial charge in [-0.25, -0.2) is 9.59 Å². The highest BCUT2D eigenvalue weighted by Gasteiger charge is 2.30. The minimum Gasteiger partial charge on any atom is -0.458 e. The van der Waals surface area contributed by atoms with Gasteiger partial charge in [-0.05, 0) is 50.8 Å². The van der Waals surface area contributed by atoms with E-state index in [0.29, 0.717) is 12.8 Å². The minimum absolute atomic E-state index is 0.121. The number of rotatable bonds is 11. The predicted molar refractivity (Wildman–Crippen MR) is 134 cm³/mol. The summed E-state index contributed by atoms with van der Waals surface area (Å²) in [5.41, 5.74) is 0.975. The SMILES string of the molecule is CC(C)CC(NC(=O)C(Cc1ccccc1)NC(=O)OCCc1ccccn1)C(=O)OC(C)(C)C. The van der Waals surface area contributed by atoms with Crippen LogP contribution in [0.3, 0.4) is 0 Å². The third kappa shape index (κ3) is 11.0. The first-order valence-electron chi connectivity index (χ1n) is 11.9. The van der Waals surface area contributed by atoms with Gasteiger partial charge in [-0.15, -0.1) is 0 Å². The molecule has 0 aliphatic heterocycles. The lowest BCUT2D eigenvalue weighted by Gasteiger charge is -2.27. The van der Waals surface area contributed by atoms with Crippen LogP contribution in [0, 0.1) is 5.92 Å². The van der Waals surface area contributed by atoms with Crippen molar-refractivity contribution in [1.29, 1.82) is 0 Å². The van der Waals surface area contributed by atoms with E-state index in [0.717, 1.165) is 11.3 Å². The molecule has 2 aromatic rings. The molecule has 0 saturated heterocycles. The molecular formula is C27H37N3O5. The third-order valence-corrected chi connectivity index (χ3v) is 4.92. The molecule has 1 heterocycles. The van der Waals surface area contributed by atoms with Crippen molar-refractivity contribution < 1.29 is 23.9 Å². The summed E-state index contributed by atoms with van der Waals surface area (Å²) in [6.07, 6.45) is 2.07. The summed E-state index contributed by atoms with van der Waals surface area (Å²) in [4.78, 5) is 42.7. The average molecular weight is 484 g/mol. The van der Waals surface area contributed by atoms with Gasteiger partial charge in [0.1, 0.15) is 17.7 Å². The second kappa shape index (κ2) is 13.5. The third-order valence-electron chi connectivity index (χ3n) is 4.92. The van der Waals surface area contributed by atoms with Crippen LogP contribution >= 0.6 is 0 Å². The summed E-state index contributed by atoms with van der Waals surface area (Å²) in [6.45, 7) is 9.38. The van der Waals surface area contributed by atoms with Crippen molar-refractivity contribution in [3.63, 3.8) is 0 Å². The lowest BCUT2D eigenvalue weighted by molar-refractivity contribution is -0.159. The van der Waals surface area contributed by atoms with E-state index in [1.807, 2.05) is 62.4 Å². The molecule has 0 fully saturated rings. The van der Waals surface area contributed by atoms with Gasteiger partial charge in [0.05, 0.1) is 6.61 Å². The topological polar surface area (TPSA) is 107 Å². The van der Waals surface area contributed by atoms with Crippen LogP contribution in [0.4, 0.5) is 4.79 Å². The molecule has 0 spiro atoms. The Labute approximate surface area is 207 Å². The molecule has 1 aromatic heterocycles. The van der Waals surface area contributed by atoms with Crippen LogP contribution in [0.15, 0.2) is 54.7 Å². The van der Waals surface area contributed by atoms with Gasteiger partial charge in [0.2, 0.25) is 5.91 Å². The maximum atomic E-state index is 13.2. The molecule has 8 heteroatoms. The first kappa shape index (κ1) is 27.8. The maximum absolute atomic E-state index is 13.2. The van der Waals surface area contributed by atoms with Crippen molar-refractivity contribution in [2.24, 2.45) is 5.92 Å². The number of carbonyl (C=O) groups is 3. The van der Waals surface area contributed by atoms with E-state index in [9.17, 15) is 14.4 Å². The molecule has 0 bridgehead atoms. The lowest BCUT2D eigenvalue weighted by Crippen LogP contribution is -2.53. The molecule has 2 amide bonds. The number of pyridine rings is 1. The molecule has 0 radical (unpaired) electrons. The molecule has 2 atom stereocenters. The van der Waals surface area contributed by atoms with Gasteiger partial charge in [-0.3, -0.25) is 9.78 Å². The molecule has 35 heavy (non-hydrogen) atoms. The fraction of sp³-hybridized carbons (Fsp3) is 0.481. The highest BCUT2D eigenvalue weighted by Crippen LogP contribution is 2.14. The quantitative estimate of drug-likeness (QED) is 0.471. The smallest absolute Gasteiger partial charge is 0.407 e. The summed E-state index contributed by atoms with van der Waals surface area (Å²) in [5, 5.41) is 5.44. The van der Waals surface area contributed by atoms with E-state index in [4.69, 9.17) is 9.47 Å². The van der Waals surface area contributed by atoms with E-state index >= 15 is 0 Å². The Balaban J connectivity index is 2.08. The van der Waals surface area contributed by atoms with Gasteiger partial charge in [-0.2, -0.15) is 0 Å². The Morgan fingerprint density at radius 2 is 1.63 bits per heavy atom. The lowest BCUT2D eigenvalue weighted by atomic mass is 10.0. The van der Waals surface area contributed by atoms with Crippen LogP contribution in [0.2, 0.25) is 0 Å². The molecule has 0 saturated carbocycles. The molecular weight excluding hydrogens is 446 g/mol. The summed E-state index contributed by atoms with van der Waals surface area (Å²) in [6, 6.07) is 13.1. The van der Waals surface area contributed by atoms with Crippen LogP contribution in [0.25, 0.3) is 0 Å². The zero-order chi connectivity index (χ0) is 25.8. The molecule has 0 aliphatic rings. The Kier molecular flexibility index (Phi) is 10.7. The van der Waals surface area contributed by atoms with Gasteiger partial charge >= 0.3 is 12.1 Å². The van der Waals surface area contributed by atoms with Crippen molar-refractivity contribution in [1.82, 2.24) is 15.6 Å². The number of nitrogens with zero attached hydrogens (tertiary/aromatic N) is 1. The van der Waals surface area contributed by atoms with Crippen LogP contribution in [-0.2, 0) is 31.9 Å². The van der Waals surface area contributed by atoms with Crippen molar-refractivity contribution in [2.45, 2.75) is 71.6 Å². The van der Waals surface area contributed by atoms with Crippen molar-refractivity contribution >= 4 is 18.0 Å². The standard InChI is InChI=1S/C27H37N3O5/c1-19(2)17-23(25(32)35-27(3,4)5)29-24(31)22(18-20-11-7-6-8-12-20)30-26(33)34-16-14-21-13-9-10-15-28-21/h6-13,15,19,22-23H,14,16-18H2,1-5H3,(H,29,31)(H,30,33). The minimum atomic E-state index is -0.933. The number of alkyl carbamates (subject to hydrolysis) is 1. The molecule has 2 unspecified atom stereocenters. The predicted octanol–water partition coefficient (Wildman–Crippen LogP) is 3.83. The van der Waals surface area contributed by atoms with Crippen molar-refractivity contribution in [3.8, 4) is 0 Å². The van der Waals surface area contributed by atoms with Crippen LogP contribution in [-0.4, -0.2) is 47.2 Å². The molecule has 2 rings (SSSR count). The maximum Gasteiger partial charge on any atom is 0.407 e. The molecule has 2 N–H and O–H groups in total. The van der Waals surface area contributed by atoms with Gasteiger partial charge < -0.3 is 20.1 Å². The fourth-order valence-electron chi connectivity index (χ4n) is 3.37. The van der Waals surface area contributed by atoms with E-state index in [2.05, 4.69) is 15.6 Å². The van der Waals surface area contributed by atoms with E-state index < -0.39 is 35.7 Å². The van der Waals surface area contributed by atoms with Crippen molar-refractivity contribution in [3.05, 3.63) is 66.0 Å². The number of esters is 1. The van der Waals surface area contributed by atoms with Gasteiger partial charge in [0.25, 0.3) is 0 Å². The molecule has 190 valence electrons. The monoisotopic (exact) mass is 483 g/mol. The number of benzene rings is 1.